The van der Waals surface area contributed by atoms with Gasteiger partial charge in [-0.15, -0.1) is 0 Å². The highest BCUT2D eigenvalue weighted by atomic mass is 79.9. The van der Waals surface area contributed by atoms with Crippen LogP contribution in [0.15, 0.2) is 53.0 Å². The lowest BCUT2D eigenvalue weighted by Gasteiger charge is -2.29. The maximum atomic E-state index is 12.2. The highest BCUT2D eigenvalue weighted by Gasteiger charge is 2.23. The lowest BCUT2D eigenvalue weighted by Crippen LogP contribution is -2.43. The van der Waals surface area contributed by atoms with Crippen molar-refractivity contribution in [1.29, 1.82) is 0 Å². The molecule has 0 unspecified atom stereocenters. The second-order valence-electron chi connectivity index (χ2n) is 5.49. The van der Waals surface area contributed by atoms with Gasteiger partial charge in [0.05, 0.1) is 11.0 Å². The molecule has 3 rings (SSSR count). The van der Waals surface area contributed by atoms with Gasteiger partial charge >= 0.3 is 0 Å². The summed E-state index contributed by atoms with van der Waals surface area (Å²) in [6.07, 6.45) is -0.197. The van der Waals surface area contributed by atoms with Crippen molar-refractivity contribution in [3.63, 3.8) is 0 Å². The predicted octanol–water partition coefficient (Wildman–Crippen LogP) is 3.13. The van der Waals surface area contributed by atoms with Crippen molar-refractivity contribution in [1.82, 2.24) is 4.90 Å². The molecule has 2 aromatic carbocycles. The Kier molecular flexibility index (Phi) is 5.25. The molecule has 1 amide bonds. The normalized spacial score (nSPS) is 15.7. The molecule has 6 heteroatoms. The molecule has 0 N–H and O–H groups in total. The Morgan fingerprint density at radius 3 is 2.71 bits per heavy atom. The van der Waals surface area contributed by atoms with Gasteiger partial charge in [0.25, 0.3) is 5.91 Å². The minimum Gasteiger partial charge on any atom is -0.486 e. The van der Waals surface area contributed by atoms with E-state index in [1.54, 1.807) is 11.9 Å². The van der Waals surface area contributed by atoms with Crippen molar-refractivity contribution >= 4 is 21.8 Å². The minimum absolute atomic E-state index is 0.0245. The summed E-state index contributed by atoms with van der Waals surface area (Å²) in [6, 6.07) is 15.0. The molecule has 24 heavy (non-hydrogen) atoms. The van der Waals surface area contributed by atoms with Crippen molar-refractivity contribution in [3.05, 3.63) is 53.0 Å². The van der Waals surface area contributed by atoms with Crippen LogP contribution < -0.4 is 14.2 Å². The maximum absolute atomic E-state index is 12.2. The van der Waals surface area contributed by atoms with Gasteiger partial charge in [0.1, 0.15) is 12.4 Å². The van der Waals surface area contributed by atoms with Crippen molar-refractivity contribution in [2.45, 2.75) is 6.10 Å². The Hall–Kier alpha value is -2.21. The molecule has 5 nitrogen and oxygen atoms in total. The highest BCUT2D eigenvalue weighted by molar-refractivity contribution is 9.10. The molecule has 0 aromatic heterocycles. The Balaban J connectivity index is 1.51. The van der Waals surface area contributed by atoms with Gasteiger partial charge in [0.15, 0.2) is 24.2 Å². The monoisotopic (exact) mass is 391 g/mol. The number of likely N-dealkylation sites (N-methyl/N-ethyl adjacent to an activating group) is 1. The number of hydrogen-bond donors (Lipinski definition) is 0. The minimum atomic E-state index is -0.197. The number of ether oxygens (including phenoxy) is 3. The first kappa shape index (κ1) is 16.6. The van der Waals surface area contributed by atoms with Gasteiger partial charge in [-0.05, 0) is 40.2 Å². The standard InChI is InChI=1S/C18H18BrNO4/c1-20(18(21)12-23-15-7-3-2-6-14(15)19)10-13-11-22-16-8-4-5-9-17(16)24-13/h2-9,13H,10-12H2,1H3/t13-/m0/s1. The topological polar surface area (TPSA) is 48.0 Å². The van der Waals surface area contributed by atoms with Crippen molar-refractivity contribution in [2.24, 2.45) is 0 Å². The van der Waals surface area contributed by atoms with Crippen LogP contribution in [0.3, 0.4) is 0 Å². The van der Waals surface area contributed by atoms with Gasteiger partial charge in [-0.3, -0.25) is 4.79 Å². The summed E-state index contributed by atoms with van der Waals surface area (Å²) in [6.45, 7) is 0.829. The molecule has 0 saturated carbocycles. The van der Waals surface area contributed by atoms with E-state index in [9.17, 15) is 4.79 Å². The number of benzene rings is 2. The molecule has 0 bridgehead atoms. The van der Waals surface area contributed by atoms with Crippen LogP contribution in [0, 0.1) is 0 Å². The van der Waals surface area contributed by atoms with Gasteiger partial charge in [-0.2, -0.15) is 0 Å². The molecule has 1 aliphatic heterocycles. The van der Waals surface area contributed by atoms with E-state index >= 15 is 0 Å². The van der Waals surface area contributed by atoms with E-state index in [2.05, 4.69) is 15.9 Å². The van der Waals surface area contributed by atoms with Crippen LogP contribution in [0.4, 0.5) is 0 Å². The fraction of sp³-hybridized carbons (Fsp3) is 0.278. The predicted molar refractivity (Wildman–Crippen MR) is 93.6 cm³/mol. The Morgan fingerprint density at radius 1 is 1.21 bits per heavy atom. The number of amides is 1. The van der Waals surface area contributed by atoms with Crippen LogP contribution in [-0.4, -0.2) is 43.7 Å². The summed E-state index contributed by atoms with van der Waals surface area (Å²) in [4.78, 5) is 13.8. The van der Waals surface area contributed by atoms with Gasteiger partial charge in [0.2, 0.25) is 0 Å². The number of hydrogen-bond acceptors (Lipinski definition) is 4. The van der Waals surface area contributed by atoms with Crippen LogP contribution in [0.1, 0.15) is 0 Å². The molecule has 2 aromatic rings. The Morgan fingerprint density at radius 2 is 1.92 bits per heavy atom. The van der Waals surface area contributed by atoms with E-state index in [1.165, 1.54) is 0 Å². The van der Waals surface area contributed by atoms with Gasteiger partial charge in [-0.25, -0.2) is 0 Å². The molecular formula is C18H18BrNO4. The molecule has 1 heterocycles. The largest absolute Gasteiger partial charge is 0.486 e. The number of rotatable bonds is 5. The Labute approximate surface area is 149 Å². The number of nitrogens with zero attached hydrogens (tertiary/aromatic N) is 1. The molecule has 0 fully saturated rings. The number of halogens is 1. The molecule has 0 radical (unpaired) electrons. The molecule has 1 atom stereocenters. The molecule has 0 spiro atoms. The van der Waals surface area contributed by atoms with E-state index in [0.717, 1.165) is 10.2 Å². The summed E-state index contributed by atoms with van der Waals surface area (Å²) in [7, 11) is 1.73. The van der Waals surface area contributed by atoms with Crippen molar-refractivity contribution < 1.29 is 19.0 Å². The van der Waals surface area contributed by atoms with Crippen LogP contribution >= 0.6 is 15.9 Å². The third-order valence-electron chi connectivity index (χ3n) is 3.66. The molecule has 0 saturated heterocycles. The van der Waals surface area contributed by atoms with Gasteiger partial charge in [-0.1, -0.05) is 24.3 Å². The summed E-state index contributed by atoms with van der Waals surface area (Å²) >= 11 is 3.39. The average Bonchev–Trinajstić information content (AvgIpc) is 2.60. The van der Waals surface area contributed by atoms with E-state index in [-0.39, 0.29) is 18.6 Å². The second-order valence-corrected chi connectivity index (χ2v) is 6.35. The zero-order valence-electron chi connectivity index (χ0n) is 13.3. The highest BCUT2D eigenvalue weighted by Crippen LogP contribution is 2.31. The zero-order chi connectivity index (χ0) is 16.9. The van der Waals surface area contributed by atoms with Crippen LogP contribution in [-0.2, 0) is 4.79 Å². The zero-order valence-corrected chi connectivity index (χ0v) is 14.9. The average molecular weight is 392 g/mol. The summed E-state index contributed by atoms with van der Waals surface area (Å²) in [5.41, 5.74) is 0. The van der Waals surface area contributed by atoms with E-state index < -0.39 is 0 Å². The number of carbonyl (C=O) groups is 1. The maximum Gasteiger partial charge on any atom is 0.260 e. The SMILES string of the molecule is CN(C[C@H]1COc2ccccc2O1)C(=O)COc1ccccc1Br. The van der Waals surface area contributed by atoms with E-state index in [4.69, 9.17) is 14.2 Å². The lowest BCUT2D eigenvalue weighted by molar-refractivity contribution is -0.133. The number of para-hydroxylation sites is 3. The third kappa shape index (κ3) is 4.00. The fourth-order valence-electron chi connectivity index (χ4n) is 2.37. The summed E-state index contributed by atoms with van der Waals surface area (Å²) < 4.78 is 17.9. The summed E-state index contributed by atoms with van der Waals surface area (Å²) in [5.74, 6) is 1.97. The third-order valence-corrected chi connectivity index (χ3v) is 4.31. The number of fused-ring (bicyclic) bond motifs is 1. The van der Waals surface area contributed by atoms with Gasteiger partial charge < -0.3 is 19.1 Å². The first-order valence-electron chi connectivity index (χ1n) is 7.63. The molecule has 0 aliphatic carbocycles. The van der Waals surface area contributed by atoms with Crippen LogP contribution in [0.25, 0.3) is 0 Å². The first-order chi connectivity index (χ1) is 11.6. The first-order valence-corrected chi connectivity index (χ1v) is 8.42. The van der Waals surface area contributed by atoms with Crippen molar-refractivity contribution in [3.8, 4) is 17.2 Å². The molecular weight excluding hydrogens is 374 g/mol. The molecule has 126 valence electrons. The van der Waals surface area contributed by atoms with Crippen LogP contribution in [0.5, 0.6) is 17.2 Å². The lowest BCUT2D eigenvalue weighted by atomic mass is 10.2. The summed E-state index contributed by atoms with van der Waals surface area (Å²) in [5, 5.41) is 0. The van der Waals surface area contributed by atoms with E-state index in [0.29, 0.717) is 24.7 Å². The smallest absolute Gasteiger partial charge is 0.260 e. The fourth-order valence-corrected chi connectivity index (χ4v) is 2.77. The quantitative estimate of drug-likeness (QED) is 0.785. The molecule has 1 aliphatic rings. The van der Waals surface area contributed by atoms with E-state index in [1.807, 2.05) is 48.5 Å². The second kappa shape index (κ2) is 7.57. The van der Waals surface area contributed by atoms with Crippen LogP contribution in [0.2, 0.25) is 0 Å². The van der Waals surface area contributed by atoms with Gasteiger partial charge in [0, 0.05) is 7.05 Å². The number of carbonyl (C=O) groups excluding carboxylic acids is 1. The van der Waals surface area contributed by atoms with Crippen molar-refractivity contribution in [2.75, 3.05) is 26.8 Å². The Bertz CT molecular complexity index is 722.